The van der Waals surface area contributed by atoms with E-state index < -0.39 is 5.41 Å². The van der Waals surface area contributed by atoms with E-state index >= 15 is 0 Å². The minimum absolute atomic E-state index is 0.0972. The van der Waals surface area contributed by atoms with Gasteiger partial charge >= 0.3 is 0 Å². The van der Waals surface area contributed by atoms with Crippen molar-refractivity contribution in [1.29, 1.82) is 0 Å². The average molecular weight is 124 g/mol. The van der Waals surface area contributed by atoms with Crippen molar-refractivity contribution in [2.45, 2.75) is 25.7 Å². The Morgan fingerprint density at radius 2 is 1.44 bits per heavy atom. The van der Waals surface area contributed by atoms with Gasteiger partial charge in [-0.3, -0.25) is 9.59 Å². The van der Waals surface area contributed by atoms with Crippen molar-refractivity contribution in [2.24, 2.45) is 5.41 Å². The Hall–Kier alpha value is -0.660. The lowest BCUT2D eigenvalue weighted by Gasteiger charge is -1.91. The average Bonchev–Trinajstić information content (AvgIpc) is 2.44. The number of hydrogen-bond acceptors (Lipinski definition) is 2. The second-order valence-electron chi connectivity index (χ2n) is 2.95. The third kappa shape index (κ3) is 0.419. The van der Waals surface area contributed by atoms with Crippen LogP contribution in [0.4, 0.5) is 0 Å². The summed E-state index contributed by atoms with van der Waals surface area (Å²) in [7, 11) is 0. The molecule has 1 spiro atoms. The molecule has 48 valence electrons. The van der Waals surface area contributed by atoms with Crippen molar-refractivity contribution in [1.82, 2.24) is 0 Å². The zero-order valence-corrected chi connectivity index (χ0v) is 5.14. The summed E-state index contributed by atoms with van der Waals surface area (Å²) in [5.41, 5.74) is -0.417. The van der Waals surface area contributed by atoms with Crippen LogP contribution in [0.25, 0.3) is 0 Å². The van der Waals surface area contributed by atoms with Crippen molar-refractivity contribution in [3.63, 3.8) is 0 Å². The first-order chi connectivity index (χ1) is 4.27. The molecular weight excluding hydrogens is 116 g/mol. The normalized spacial score (nSPS) is 29.8. The quantitative estimate of drug-likeness (QED) is 0.352. The van der Waals surface area contributed by atoms with E-state index in [-0.39, 0.29) is 11.6 Å². The highest BCUT2D eigenvalue weighted by Gasteiger charge is 2.65. The van der Waals surface area contributed by atoms with Gasteiger partial charge in [0.1, 0.15) is 5.41 Å². The number of carbonyl (C=O) groups excluding carboxylic acids is 2. The summed E-state index contributed by atoms with van der Waals surface area (Å²) in [5, 5.41) is 0. The molecular formula is C7H8O2. The van der Waals surface area contributed by atoms with E-state index in [9.17, 15) is 9.59 Å². The van der Waals surface area contributed by atoms with E-state index in [0.29, 0.717) is 0 Å². The lowest BCUT2D eigenvalue weighted by molar-refractivity contribution is -0.122. The molecule has 0 heterocycles. The zero-order chi connectivity index (χ0) is 6.48. The standard InChI is InChI=1S/C7H8O2/c8-5-6(9)7(5)3-1-2-4-7/h1-4H2. The largest absolute Gasteiger partial charge is 0.290 e. The lowest BCUT2D eigenvalue weighted by atomic mass is 10.1. The molecule has 0 aliphatic heterocycles. The first-order valence-corrected chi connectivity index (χ1v) is 3.37. The van der Waals surface area contributed by atoms with Gasteiger partial charge in [0, 0.05) is 0 Å². The molecule has 0 aromatic rings. The molecule has 0 saturated heterocycles. The van der Waals surface area contributed by atoms with Crippen molar-refractivity contribution in [3.05, 3.63) is 0 Å². The fourth-order valence-electron chi connectivity index (χ4n) is 1.74. The van der Waals surface area contributed by atoms with E-state index in [1.54, 1.807) is 0 Å². The number of carbonyl (C=O) groups is 2. The van der Waals surface area contributed by atoms with Gasteiger partial charge in [0.15, 0.2) is 0 Å². The molecule has 0 aromatic carbocycles. The van der Waals surface area contributed by atoms with Crippen molar-refractivity contribution >= 4 is 11.6 Å². The third-order valence-corrected chi connectivity index (χ3v) is 2.47. The zero-order valence-electron chi connectivity index (χ0n) is 5.14. The topological polar surface area (TPSA) is 34.1 Å². The molecule has 9 heavy (non-hydrogen) atoms. The van der Waals surface area contributed by atoms with E-state index in [4.69, 9.17) is 0 Å². The van der Waals surface area contributed by atoms with Crippen LogP contribution in [0.3, 0.4) is 0 Å². The van der Waals surface area contributed by atoms with E-state index in [1.165, 1.54) is 0 Å². The molecule has 0 atom stereocenters. The summed E-state index contributed by atoms with van der Waals surface area (Å²) in [5.74, 6) is -0.194. The summed E-state index contributed by atoms with van der Waals surface area (Å²) in [6.07, 6.45) is 3.81. The molecule has 2 aliphatic rings. The van der Waals surface area contributed by atoms with Crippen LogP contribution < -0.4 is 0 Å². The van der Waals surface area contributed by atoms with Crippen LogP contribution in [0.15, 0.2) is 0 Å². The van der Waals surface area contributed by atoms with Crippen molar-refractivity contribution in [2.75, 3.05) is 0 Å². The second kappa shape index (κ2) is 1.25. The highest BCUT2D eigenvalue weighted by atomic mass is 16.2. The molecule has 0 N–H and O–H groups in total. The monoisotopic (exact) mass is 124 g/mol. The van der Waals surface area contributed by atoms with E-state index in [1.807, 2.05) is 0 Å². The Morgan fingerprint density at radius 3 is 1.67 bits per heavy atom. The van der Waals surface area contributed by atoms with Crippen LogP contribution in [0, 0.1) is 5.41 Å². The maximum atomic E-state index is 10.7. The Balaban J connectivity index is 2.29. The number of Topliss-reactive ketones (excluding diaryl/α,β-unsaturated/α-hetero) is 2. The maximum absolute atomic E-state index is 10.7. The Morgan fingerprint density at radius 1 is 1.00 bits per heavy atom. The smallest absolute Gasteiger partial charge is 0.213 e. The molecule has 2 saturated carbocycles. The van der Waals surface area contributed by atoms with Crippen LogP contribution in [0.5, 0.6) is 0 Å². The highest BCUT2D eigenvalue weighted by Crippen LogP contribution is 2.50. The highest BCUT2D eigenvalue weighted by molar-refractivity contribution is 6.63. The number of rotatable bonds is 0. The Bertz CT molecular complexity index is 171. The number of ketones is 2. The van der Waals surface area contributed by atoms with E-state index in [0.717, 1.165) is 25.7 Å². The summed E-state index contributed by atoms with van der Waals surface area (Å²) < 4.78 is 0. The minimum Gasteiger partial charge on any atom is -0.290 e. The van der Waals surface area contributed by atoms with Crippen LogP contribution in [0.2, 0.25) is 0 Å². The molecule has 2 nitrogen and oxygen atoms in total. The minimum atomic E-state index is -0.417. The Labute approximate surface area is 53.2 Å². The van der Waals surface area contributed by atoms with Crippen LogP contribution in [-0.4, -0.2) is 11.6 Å². The molecule has 0 radical (unpaired) electrons. The van der Waals surface area contributed by atoms with Crippen molar-refractivity contribution < 1.29 is 9.59 Å². The molecule has 2 fully saturated rings. The van der Waals surface area contributed by atoms with Crippen LogP contribution in [0.1, 0.15) is 25.7 Å². The maximum Gasteiger partial charge on any atom is 0.213 e. The van der Waals surface area contributed by atoms with Gasteiger partial charge in [-0.05, 0) is 12.8 Å². The first-order valence-electron chi connectivity index (χ1n) is 3.37. The summed E-state index contributed by atoms with van der Waals surface area (Å²) in [6.45, 7) is 0. The van der Waals surface area contributed by atoms with Gasteiger partial charge in [-0.15, -0.1) is 0 Å². The van der Waals surface area contributed by atoms with Crippen molar-refractivity contribution in [3.8, 4) is 0 Å². The summed E-state index contributed by atoms with van der Waals surface area (Å²) in [6, 6.07) is 0. The molecule has 0 unspecified atom stereocenters. The van der Waals surface area contributed by atoms with Gasteiger partial charge in [-0.2, -0.15) is 0 Å². The number of hydrogen-bond donors (Lipinski definition) is 0. The molecule has 2 heteroatoms. The van der Waals surface area contributed by atoms with E-state index in [2.05, 4.69) is 0 Å². The van der Waals surface area contributed by atoms with Gasteiger partial charge in [-0.25, -0.2) is 0 Å². The molecule has 0 bridgehead atoms. The van der Waals surface area contributed by atoms with Gasteiger partial charge in [0.25, 0.3) is 0 Å². The molecule has 2 rings (SSSR count). The summed E-state index contributed by atoms with van der Waals surface area (Å²) in [4.78, 5) is 21.4. The second-order valence-corrected chi connectivity index (χ2v) is 2.95. The lowest BCUT2D eigenvalue weighted by Crippen LogP contribution is -1.96. The fraction of sp³-hybridized carbons (Fsp3) is 0.714. The predicted molar refractivity (Wildman–Crippen MR) is 30.9 cm³/mol. The SMILES string of the molecule is O=C1C(=O)C12CCCC2. The van der Waals surface area contributed by atoms with Crippen LogP contribution in [-0.2, 0) is 9.59 Å². The van der Waals surface area contributed by atoms with Gasteiger partial charge in [0.2, 0.25) is 11.6 Å². The molecule has 2 aliphatic carbocycles. The molecule has 0 aromatic heterocycles. The predicted octanol–water partition coefficient (Wildman–Crippen LogP) is 0.699. The van der Waals surface area contributed by atoms with Gasteiger partial charge in [0.05, 0.1) is 0 Å². The molecule has 0 amide bonds. The Kier molecular flexibility index (Phi) is 0.718. The summed E-state index contributed by atoms with van der Waals surface area (Å²) >= 11 is 0. The van der Waals surface area contributed by atoms with Crippen LogP contribution >= 0.6 is 0 Å². The van der Waals surface area contributed by atoms with Gasteiger partial charge < -0.3 is 0 Å². The van der Waals surface area contributed by atoms with Gasteiger partial charge in [-0.1, -0.05) is 12.8 Å². The fourth-order valence-corrected chi connectivity index (χ4v) is 1.74. The third-order valence-electron chi connectivity index (χ3n) is 2.47. The first kappa shape index (κ1) is 5.15.